The van der Waals surface area contributed by atoms with Crippen LogP contribution < -0.4 is 5.32 Å². The van der Waals surface area contributed by atoms with Gasteiger partial charge in [0.15, 0.2) is 0 Å². The highest BCUT2D eigenvalue weighted by molar-refractivity contribution is 7.98. The van der Waals surface area contributed by atoms with Crippen LogP contribution >= 0.6 is 11.8 Å². The van der Waals surface area contributed by atoms with Crippen LogP contribution in [0.15, 0.2) is 29.2 Å². The highest BCUT2D eigenvalue weighted by Gasteiger charge is 2.16. The van der Waals surface area contributed by atoms with E-state index in [9.17, 15) is 0 Å². The quantitative estimate of drug-likeness (QED) is 0.764. The Labute approximate surface area is 97.7 Å². The van der Waals surface area contributed by atoms with E-state index in [1.807, 2.05) is 11.8 Å². The van der Waals surface area contributed by atoms with Crippen molar-refractivity contribution in [1.29, 1.82) is 0 Å². The maximum absolute atomic E-state index is 3.56. The molecule has 0 amide bonds. The van der Waals surface area contributed by atoms with Crippen LogP contribution in [0.3, 0.4) is 0 Å². The molecule has 1 aromatic carbocycles. The fourth-order valence-corrected chi connectivity index (χ4v) is 2.49. The molecule has 0 saturated carbocycles. The van der Waals surface area contributed by atoms with Crippen LogP contribution in [0.25, 0.3) is 0 Å². The zero-order chi connectivity index (χ0) is 11.3. The van der Waals surface area contributed by atoms with Gasteiger partial charge in [0.2, 0.25) is 0 Å². The van der Waals surface area contributed by atoms with E-state index in [1.54, 1.807) is 0 Å². The molecular weight excluding hydrogens is 202 g/mol. The summed E-state index contributed by atoms with van der Waals surface area (Å²) in [5.41, 5.74) is 1.43. The summed E-state index contributed by atoms with van der Waals surface area (Å²) < 4.78 is 0. The van der Waals surface area contributed by atoms with Crippen LogP contribution in [0.2, 0.25) is 0 Å². The molecule has 15 heavy (non-hydrogen) atoms. The van der Waals surface area contributed by atoms with E-state index in [2.05, 4.69) is 56.6 Å². The molecule has 0 radical (unpaired) electrons. The van der Waals surface area contributed by atoms with Crippen molar-refractivity contribution in [2.45, 2.75) is 31.7 Å². The van der Waals surface area contributed by atoms with E-state index in [0.717, 1.165) is 6.54 Å². The molecule has 1 N–H and O–H groups in total. The molecule has 0 spiro atoms. The molecule has 84 valence electrons. The topological polar surface area (TPSA) is 12.0 Å². The van der Waals surface area contributed by atoms with Gasteiger partial charge in [0.05, 0.1) is 0 Å². The van der Waals surface area contributed by atoms with Gasteiger partial charge in [-0.1, -0.05) is 39.0 Å². The van der Waals surface area contributed by atoms with Crippen molar-refractivity contribution in [3.05, 3.63) is 29.8 Å². The van der Waals surface area contributed by atoms with Gasteiger partial charge in [-0.2, -0.15) is 0 Å². The second kappa shape index (κ2) is 6.19. The van der Waals surface area contributed by atoms with Crippen LogP contribution in [0.5, 0.6) is 0 Å². The van der Waals surface area contributed by atoms with E-state index in [1.165, 1.54) is 10.5 Å². The molecule has 0 aliphatic rings. The lowest BCUT2D eigenvalue weighted by Gasteiger charge is -2.24. The van der Waals surface area contributed by atoms with Crippen molar-refractivity contribution in [2.75, 3.05) is 12.8 Å². The first-order chi connectivity index (χ1) is 7.20. The van der Waals surface area contributed by atoms with Crippen molar-refractivity contribution >= 4 is 11.8 Å². The predicted molar refractivity (Wildman–Crippen MR) is 69.5 cm³/mol. The Kier molecular flexibility index (Phi) is 5.20. The van der Waals surface area contributed by atoms with Crippen LogP contribution in [0.4, 0.5) is 0 Å². The van der Waals surface area contributed by atoms with Gasteiger partial charge in [0, 0.05) is 10.9 Å². The minimum atomic E-state index is 0.471. The van der Waals surface area contributed by atoms with Crippen LogP contribution in [-0.4, -0.2) is 12.8 Å². The fraction of sp³-hybridized carbons (Fsp3) is 0.538. The SMILES string of the molecule is CCNC(c1ccccc1SC)C(C)C. The smallest absolute Gasteiger partial charge is 0.0354 e. The van der Waals surface area contributed by atoms with Crippen molar-refractivity contribution in [3.8, 4) is 0 Å². The summed E-state index contributed by atoms with van der Waals surface area (Å²) in [6.07, 6.45) is 2.14. The molecule has 1 rings (SSSR count). The average Bonchev–Trinajstić information content (AvgIpc) is 2.25. The Morgan fingerprint density at radius 1 is 1.27 bits per heavy atom. The summed E-state index contributed by atoms with van der Waals surface area (Å²) in [7, 11) is 0. The van der Waals surface area contributed by atoms with Gasteiger partial charge in [-0.15, -0.1) is 11.8 Å². The zero-order valence-corrected chi connectivity index (χ0v) is 10.9. The maximum atomic E-state index is 3.56. The number of thioether (sulfide) groups is 1. The van der Waals surface area contributed by atoms with E-state index in [-0.39, 0.29) is 0 Å². The number of hydrogen-bond donors (Lipinski definition) is 1. The monoisotopic (exact) mass is 223 g/mol. The van der Waals surface area contributed by atoms with Gasteiger partial charge >= 0.3 is 0 Å². The minimum absolute atomic E-state index is 0.471. The van der Waals surface area contributed by atoms with Crippen LogP contribution in [-0.2, 0) is 0 Å². The van der Waals surface area contributed by atoms with Crippen molar-refractivity contribution < 1.29 is 0 Å². The van der Waals surface area contributed by atoms with Crippen molar-refractivity contribution in [3.63, 3.8) is 0 Å². The van der Waals surface area contributed by atoms with Gasteiger partial charge in [0.1, 0.15) is 0 Å². The molecular formula is C13H21NS. The van der Waals surface area contributed by atoms with Gasteiger partial charge in [-0.25, -0.2) is 0 Å². The van der Waals surface area contributed by atoms with Crippen LogP contribution in [0, 0.1) is 5.92 Å². The highest BCUT2D eigenvalue weighted by Crippen LogP contribution is 2.29. The van der Waals surface area contributed by atoms with E-state index in [4.69, 9.17) is 0 Å². The summed E-state index contributed by atoms with van der Waals surface area (Å²) in [5, 5.41) is 3.56. The third-order valence-corrected chi connectivity index (χ3v) is 3.38. The third kappa shape index (κ3) is 3.25. The molecule has 1 unspecified atom stereocenters. The Morgan fingerprint density at radius 2 is 1.93 bits per heavy atom. The fourth-order valence-electron chi connectivity index (χ4n) is 1.85. The number of nitrogens with one attached hydrogen (secondary N) is 1. The second-order valence-electron chi connectivity index (χ2n) is 4.02. The molecule has 1 aromatic rings. The van der Waals surface area contributed by atoms with E-state index < -0.39 is 0 Å². The molecule has 0 aromatic heterocycles. The van der Waals surface area contributed by atoms with Crippen molar-refractivity contribution in [1.82, 2.24) is 5.32 Å². The Bertz CT molecular complexity index is 296. The number of hydrogen-bond acceptors (Lipinski definition) is 2. The molecule has 1 atom stereocenters. The largest absolute Gasteiger partial charge is 0.310 e. The first-order valence-corrected chi connectivity index (χ1v) is 6.79. The van der Waals surface area contributed by atoms with Gasteiger partial charge < -0.3 is 5.32 Å². The lowest BCUT2D eigenvalue weighted by molar-refractivity contribution is 0.416. The lowest BCUT2D eigenvalue weighted by atomic mass is 9.96. The molecule has 0 fully saturated rings. The molecule has 0 aliphatic heterocycles. The molecule has 0 bridgehead atoms. The molecule has 0 aliphatic carbocycles. The third-order valence-electron chi connectivity index (χ3n) is 2.56. The zero-order valence-electron chi connectivity index (χ0n) is 10.1. The Hall–Kier alpha value is -0.470. The molecule has 1 nitrogen and oxygen atoms in total. The molecule has 0 saturated heterocycles. The minimum Gasteiger partial charge on any atom is -0.310 e. The lowest BCUT2D eigenvalue weighted by Crippen LogP contribution is -2.25. The van der Waals surface area contributed by atoms with Gasteiger partial charge in [-0.05, 0) is 30.3 Å². The summed E-state index contributed by atoms with van der Waals surface area (Å²) in [4.78, 5) is 1.39. The molecule has 2 heteroatoms. The first kappa shape index (κ1) is 12.6. The summed E-state index contributed by atoms with van der Waals surface area (Å²) in [6.45, 7) is 7.72. The maximum Gasteiger partial charge on any atom is 0.0354 e. The Morgan fingerprint density at radius 3 is 2.47 bits per heavy atom. The van der Waals surface area contributed by atoms with E-state index in [0.29, 0.717) is 12.0 Å². The number of rotatable bonds is 5. The predicted octanol–water partition coefficient (Wildman–Crippen LogP) is 3.72. The highest BCUT2D eigenvalue weighted by atomic mass is 32.2. The van der Waals surface area contributed by atoms with Gasteiger partial charge in [-0.3, -0.25) is 0 Å². The molecule has 0 heterocycles. The normalized spacial score (nSPS) is 13.1. The number of benzene rings is 1. The van der Waals surface area contributed by atoms with Crippen LogP contribution in [0.1, 0.15) is 32.4 Å². The Balaban J connectivity index is 2.98. The first-order valence-electron chi connectivity index (χ1n) is 5.57. The van der Waals surface area contributed by atoms with Gasteiger partial charge in [0.25, 0.3) is 0 Å². The van der Waals surface area contributed by atoms with Crippen molar-refractivity contribution in [2.24, 2.45) is 5.92 Å². The second-order valence-corrected chi connectivity index (χ2v) is 4.87. The summed E-state index contributed by atoms with van der Waals surface area (Å²) >= 11 is 1.83. The average molecular weight is 223 g/mol. The standard InChI is InChI=1S/C13H21NS/c1-5-14-13(10(2)3)11-8-6-7-9-12(11)15-4/h6-10,13-14H,5H2,1-4H3. The summed E-state index contributed by atoms with van der Waals surface area (Å²) in [6, 6.07) is 9.14. The summed E-state index contributed by atoms with van der Waals surface area (Å²) in [5.74, 6) is 0.623. The van der Waals surface area contributed by atoms with E-state index >= 15 is 0 Å².